The molecule has 2 aliphatic rings. The van der Waals surface area contributed by atoms with Gasteiger partial charge in [0.05, 0.1) is 24.2 Å². The molecule has 2 aromatic rings. The zero-order chi connectivity index (χ0) is 20.4. The number of rotatable bonds is 4. The molecular formula is C22H29N3O3S. The van der Waals surface area contributed by atoms with Crippen LogP contribution in [0.15, 0.2) is 41.4 Å². The van der Waals surface area contributed by atoms with E-state index in [1.807, 2.05) is 25.3 Å². The number of sulfonamides is 1. The predicted octanol–water partition coefficient (Wildman–Crippen LogP) is 3.45. The van der Waals surface area contributed by atoms with Crippen LogP contribution >= 0.6 is 0 Å². The second-order valence-electron chi connectivity index (χ2n) is 7.94. The molecule has 0 aliphatic carbocycles. The number of morpholine rings is 1. The smallest absolute Gasteiger partial charge is 0.243 e. The van der Waals surface area contributed by atoms with Gasteiger partial charge in [0.25, 0.3) is 0 Å². The normalized spacial score (nSPS) is 21.3. The third-order valence-electron chi connectivity index (χ3n) is 5.91. The Morgan fingerprint density at radius 2 is 1.76 bits per heavy atom. The van der Waals surface area contributed by atoms with E-state index < -0.39 is 10.0 Å². The lowest BCUT2D eigenvalue weighted by atomic mass is 9.95. The maximum atomic E-state index is 13.4. The van der Waals surface area contributed by atoms with Gasteiger partial charge >= 0.3 is 0 Å². The van der Waals surface area contributed by atoms with Gasteiger partial charge in [0.15, 0.2) is 0 Å². The fourth-order valence-corrected chi connectivity index (χ4v) is 5.89. The molecule has 2 saturated heterocycles. The van der Waals surface area contributed by atoms with Crippen molar-refractivity contribution in [1.82, 2.24) is 9.29 Å². The summed E-state index contributed by atoms with van der Waals surface area (Å²) < 4.78 is 33.9. The van der Waals surface area contributed by atoms with Crippen LogP contribution in [-0.4, -0.2) is 50.6 Å². The molecule has 2 fully saturated rings. The number of aryl methyl sites for hydroxylation is 2. The Bertz CT molecular complexity index is 954. The first-order chi connectivity index (χ1) is 14.0. The summed E-state index contributed by atoms with van der Waals surface area (Å²) >= 11 is 0. The van der Waals surface area contributed by atoms with Crippen LogP contribution in [0.4, 0.5) is 5.82 Å². The van der Waals surface area contributed by atoms with Crippen LogP contribution in [0.1, 0.15) is 42.0 Å². The molecule has 0 radical (unpaired) electrons. The van der Waals surface area contributed by atoms with Gasteiger partial charge in [-0.15, -0.1) is 0 Å². The highest BCUT2D eigenvalue weighted by molar-refractivity contribution is 7.89. The molecular weight excluding hydrogens is 386 g/mol. The van der Waals surface area contributed by atoms with Crippen LogP contribution in [0, 0.1) is 13.8 Å². The third kappa shape index (κ3) is 4.17. The minimum Gasteiger partial charge on any atom is -0.378 e. The third-order valence-corrected chi connectivity index (χ3v) is 7.83. The first-order valence-electron chi connectivity index (χ1n) is 10.3. The molecule has 6 nitrogen and oxygen atoms in total. The minimum absolute atomic E-state index is 0.165. The van der Waals surface area contributed by atoms with E-state index in [1.54, 1.807) is 16.4 Å². The molecule has 0 spiro atoms. The summed E-state index contributed by atoms with van der Waals surface area (Å²) in [5, 5.41) is 0. The Hall–Kier alpha value is -1.96. The standard InChI is InChI=1S/C22H29N3O3S/c1-17-6-8-19(9-7-17)29(26,27)25-10-4-3-5-21(25)20-16-23-22(15-18(20)2)24-11-13-28-14-12-24/h6-9,15-16,21H,3-5,10-14H2,1-2H3. The highest BCUT2D eigenvalue weighted by atomic mass is 32.2. The molecule has 0 bridgehead atoms. The summed E-state index contributed by atoms with van der Waals surface area (Å²) in [5.41, 5.74) is 3.16. The zero-order valence-electron chi connectivity index (χ0n) is 17.2. The quantitative estimate of drug-likeness (QED) is 0.765. The molecule has 7 heteroatoms. The summed E-state index contributed by atoms with van der Waals surface area (Å²) in [5.74, 6) is 0.943. The molecule has 1 aromatic carbocycles. The van der Waals surface area contributed by atoms with E-state index in [4.69, 9.17) is 4.74 Å². The number of piperidine rings is 1. The maximum Gasteiger partial charge on any atom is 0.243 e. The van der Waals surface area contributed by atoms with Crippen LogP contribution in [0.5, 0.6) is 0 Å². The van der Waals surface area contributed by atoms with Crippen LogP contribution in [-0.2, 0) is 14.8 Å². The second-order valence-corrected chi connectivity index (χ2v) is 9.83. The zero-order valence-corrected chi connectivity index (χ0v) is 18.0. The molecule has 29 heavy (non-hydrogen) atoms. The van der Waals surface area contributed by atoms with Gasteiger partial charge in [-0.25, -0.2) is 13.4 Å². The van der Waals surface area contributed by atoms with Gasteiger partial charge in [0, 0.05) is 25.8 Å². The molecule has 1 unspecified atom stereocenters. The molecule has 0 N–H and O–H groups in total. The number of benzene rings is 1. The summed E-state index contributed by atoms with van der Waals surface area (Å²) in [4.78, 5) is 7.28. The summed E-state index contributed by atoms with van der Waals surface area (Å²) in [6.07, 6.45) is 4.62. The lowest BCUT2D eigenvalue weighted by molar-refractivity contribution is 0.122. The number of anilines is 1. The molecule has 3 heterocycles. The van der Waals surface area contributed by atoms with E-state index >= 15 is 0 Å². The lowest BCUT2D eigenvalue weighted by Gasteiger charge is -2.36. The molecule has 1 aromatic heterocycles. The maximum absolute atomic E-state index is 13.4. The number of ether oxygens (including phenoxy) is 1. The number of hydrogen-bond acceptors (Lipinski definition) is 5. The number of nitrogens with zero attached hydrogens (tertiary/aromatic N) is 3. The van der Waals surface area contributed by atoms with Gasteiger partial charge in [-0.1, -0.05) is 24.1 Å². The van der Waals surface area contributed by atoms with Gasteiger partial charge in [0.1, 0.15) is 5.82 Å². The molecule has 0 saturated carbocycles. The van der Waals surface area contributed by atoms with Crippen molar-refractivity contribution in [3.63, 3.8) is 0 Å². The summed E-state index contributed by atoms with van der Waals surface area (Å²) in [7, 11) is -3.54. The number of hydrogen-bond donors (Lipinski definition) is 0. The van der Waals surface area contributed by atoms with E-state index in [9.17, 15) is 8.42 Å². The monoisotopic (exact) mass is 415 g/mol. The first kappa shape index (κ1) is 20.3. The fraction of sp³-hybridized carbons (Fsp3) is 0.500. The highest BCUT2D eigenvalue weighted by Crippen LogP contribution is 2.37. The van der Waals surface area contributed by atoms with E-state index in [0.29, 0.717) is 24.7 Å². The topological polar surface area (TPSA) is 62.7 Å². The average Bonchev–Trinajstić information content (AvgIpc) is 2.75. The van der Waals surface area contributed by atoms with E-state index in [2.05, 4.69) is 22.9 Å². The summed E-state index contributed by atoms with van der Waals surface area (Å²) in [6, 6.07) is 9.06. The van der Waals surface area contributed by atoms with E-state index in [-0.39, 0.29) is 6.04 Å². The Kier molecular flexibility index (Phi) is 5.90. The number of aromatic nitrogens is 1. The molecule has 1 atom stereocenters. The van der Waals surface area contributed by atoms with Crippen LogP contribution in [0.2, 0.25) is 0 Å². The van der Waals surface area contributed by atoms with Crippen molar-refractivity contribution in [3.05, 3.63) is 53.2 Å². The van der Waals surface area contributed by atoms with Crippen molar-refractivity contribution in [1.29, 1.82) is 0 Å². The lowest BCUT2D eigenvalue weighted by Crippen LogP contribution is -2.39. The van der Waals surface area contributed by atoms with Crippen LogP contribution in [0.3, 0.4) is 0 Å². The Morgan fingerprint density at radius 3 is 2.45 bits per heavy atom. The Morgan fingerprint density at radius 1 is 1.03 bits per heavy atom. The van der Waals surface area contributed by atoms with E-state index in [0.717, 1.165) is 54.9 Å². The molecule has 2 aliphatic heterocycles. The van der Waals surface area contributed by atoms with Crippen molar-refractivity contribution in [2.45, 2.75) is 44.0 Å². The van der Waals surface area contributed by atoms with Crippen LogP contribution < -0.4 is 4.90 Å². The van der Waals surface area contributed by atoms with Gasteiger partial charge < -0.3 is 9.64 Å². The second kappa shape index (κ2) is 8.42. The van der Waals surface area contributed by atoms with E-state index in [1.165, 1.54) is 0 Å². The average molecular weight is 416 g/mol. The Labute approximate surface area is 173 Å². The van der Waals surface area contributed by atoms with Crippen molar-refractivity contribution < 1.29 is 13.2 Å². The van der Waals surface area contributed by atoms with Crippen molar-refractivity contribution >= 4 is 15.8 Å². The minimum atomic E-state index is -3.54. The Balaban J connectivity index is 1.64. The largest absolute Gasteiger partial charge is 0.378 e. The highest BCUT2D eigenvalue weighted by Gasteiger charge is 2.35. The van der Waals surface area contributed by atoms with Crippen molar-refractivity contribution in [2.75, 3.05) is 37.7 Å². The van der Waals surface area contributed by atoms with Gasteiger partial charge in [-0.2, -0.15) is 4.31 Å². The summed E-state index contributed by atoms with van der Waals surface area (Å²) in [6.45, 7) is 7.68. The van der Waals surface area contributed by atoms with Crippen LogP contribution in [0.25, 0.3) is 0 Å². The fourth-order valence-electron chi connectivity index (χ4n) is 4.22. The molecule has 4 rings (SSSR count). The van der Waals surface area contributed by atoms with Crippen molar-refractivity contribution in [3.8, 4) is 0 Å². The predicted molar refractivity (Wildman–Crippen MR) is 114 cm³/mol. The SMILES string of the molecule is Cc1ccc(S(=O)(=O)N2CCCCC2c2cnc(N3CCOCC3)cc2C)cc1. The van der Waals surface area contributed by atoms with Gasteiger partial charge in [-0.05, 0) is 56.0 Å². The molecule has 156 valence electrons. The molecule has 0 amide bonds. The first-order valence-corrected chi connectivity index (χ1v) is 11.8. The number of pyridine rings is 1. The van der Waals surface area contributed by atoms with Gasteiger partial charge in [-0.3, -0.25) is 0 Å². The van der Waals surface area contributed by atoms with Gasteiger partial charge in [0.2, 0.25) is 10.0 Å². The van der Waals surface area contributed by atoms with Crippen molar-refractivity contribution in [2.24, 2.45) is 0 Å².